The molecule has 2 fully saturated rings. The van der Waals surface area contributed by atoms with Gasteiger partial charge in [0.05, 0.1) is 6.10 Å². The van der Waals surface area contributed by atoms with Crippen molar-refractivity contribution in [3.05, 3.63) is 36.3 Å². The topological polar surface area (TPSA) is 32.7 Å². The largest absolute Gasteiger partial charge is 0.338 e. The summed E-state index contributed by atoms with van der Waals surface area (Å²) in [7, 11) is -1.33. The zero-order valence-corrected chi connectivity index (χ0v) is 11.5. The van der Waals surface area contributed by atoms with E-state index in [0.29, 0.717) is 6.04 Å². The molecule has 2 rings (SSSR count). The van der Waals surface area contributed by atoms with E-state index in [1.165, 1.54) is 6.42 Å². The van der Waals surface area contributed by atoms with Crippen molar-refractivity contribution in [1.82, 2.24) is 4.67 Å². The van der Waals surface area contributed by atoms with Gasteiger partial charge in [0.25, 0.3) is 8.53 Å². The SMILES string of the molecule is C=C/C=C(\C=C)SCC1OP(O)N2CCCC12. The third kappa shape index (κ3) is 3.01. The van der Waals surface area contributed by atoms with Gasteiger partial charge in [0, 0.05) is 23.2 Å². The fraction of sp³-hybridized carbons (Fsp3) is 0.500. The number of nitrogens with zero attached hydrogens (tertiary/aromatic N) is 1. The van der Waals surface area contributed by atoms with Crippen LogP contribution in [-0.2, 0) is 4.52 Å². The Hall–Kier alpha value is -0.120. The predicted octanol–water partition coefficient (Wildman–Crippen LogP) is 3.06. The molecule has 0 saturated carbocycles. The van der Waals surface area contributed by atoms with Gasteiger partial charge in [-0.3, -0.25) is 0 Å². The standard InChI is InChI=1S/C12H18NO2PS/c1-3-6-10(4-2)17-9-12-11-7-5-8-13(11)16(14)15-12/h3-4,6,11-12,14H,1-2,5,7-9H2/b10-6+. The van der Waals surface area contributed by atoms with Crippen molar-refractivity contribution in [3.63, 3.8) is 0 Å². The van der Waals surface area contributed by atoms with Crippen LogP contribution in [0.15, 0.2) is 36.3 Å². The van der Waals surface area contributed by atoms with Crippen LogP contribution in [0.5, 0.6) is 0 Å². The molecule has 0 aliphatic carbocycles. The molecular weight excluding hydrogens is 253 g/mol. The summed E-state index contributed by atoms with van der Waals surface area (Å²) in [5.74, 6) is 0.867. The Kier molecular flexibility index (Phi) is 4.83. The summed E-state index contributed by atoms with van der Waals surface area (Å²) in [5, 5.41) is 0. The average molecular weight is 271 g/mol. The van der Waals surface area contributed by atoms with E-state index < -0.39 is 8.53 Å². The first-order chi connectivity index (χ1) is 8.26. The first-order valence-corrected chi connectivity index (χ1v) is 7.91. The minimum Gasteiger partial charge on any atom is -0.338 e. The number of hydrogen-bond donors (Lipinski definition) is 1. The van der Waals surface area contributed by atoms with Crippen molar-refractivity contribution in [3.8, 4) is 0 Å². The fourth-order valence-electron chi connectivity index (χ4n) is 2.23. The Bertz CT molecular complexity index is 334. The second-order valence-electron chi connectivity index (χ2n) is 4.09. The molecule has 5 heteroatoms. The van der Waals surface area contributed by atoms with E-state index in [-0.39, 0.29) is 6.10 Å². The molecule has 0 amide bonds. The summed E-state index contributed by atoms with van der Waals surface area (Å²) in [5.41, 5.74) is 0. The Morgan fingerprint density at radius 1 is 1.59 bits per heavy atom. The lowest BCUT2D eigenvalue weighted by Crippen LogP contribution is -2.29. The third-order valence-corrected chi connectivity index (χ3v) is 5.57. The van der Waals surface area contributed by atoms with Gasteiger partial charge in [-0.2, -0.15) is 0 Å². The van der Waals surface area contributed by atoms with E-state index in [9.17, 15) is 4.89 Å². The zero-order valence-electron chi connectivity index (χ0n) is 9.79. The lowest BCUT2D eigenvalue weighted by Gasteiger charge is -2.16. The van der Waals surface area contributed by atoms with Gasteiger partial charge in [-0.05, 0) is 18.9 Å². The Morgan fingerprint density at radius 2 is 2.41 bits per heavy atom. The van der Waals surface area contributed by atoms with Crippen molar-refractivity contribution in [2.75, 3.05) is 12.3 Å². The number of hydrogen-bond acceptors (Lipinski definition) is 4. The average Bonchev–Trinajstić information content (AvgIpc) is 2.90. The van der Waals surface area contributed by atoms with Crippen LogP contribution in [0, 0.1) is 0 Å². The molecule has 0 aromatic heterocycles. The molecule has 94 valence electrons. The van der Waals surface area contributed by atoms with Gasteiger partial charge in [0.15, 0.2) is 0 Å². The molecular formula is C12H18NO2PS. The van der Waals surface area contributed by atoms with Gasteiger partial charge in [-0.1, -0.05) is 25.3 Å². The zero-order chi connectivity index (χ0) is 12.3. The van der Waals surface area contributed by atoms with Crippen LogP contribution < -0.4 is 0 Å². The van der Waals surface area contributed by atoms with Gasteiger partial charge >= 0.3 is 0 Å². The molecule has 3 atom stereocenters. The smallest absolute Gasteiger partial charge is 0.256 e. The van der Waals surface area contributed by atoms with Gasteiger partial charge in [-0.15, -0.1) is 11.8 Å². The Labute approximate surface area is 108 Å². The van der Waals surface area contributed by atoms with Crippen LogP contribution in [0.1, 0.15) is 12.8 Å². The van der Waals surface area contributed by atoms with E-state index in [2.05, 4.69) is 17.8 Å². The molecule has 2 heterocycles. The van der Waals surface area contributed by atoms with Crippen molar-refractivity contribution in [2.24, 2.45) is 0 Å². The van der Waals surface area contributed by atoms with Crippen molar-refractivity contribution >= 4 is 20.3 Å². The maximum atomic E-state index is 9.80. The molecule has 3 nitrogen and oxygen atoms in total. The highest BCUT2D eigenvalue weighted by atomic mass is 32.2. The van der Waals surface area contributed by atoms with Crippen LogP contribution in [0.25, 0.3) is 0 Å². The van der Waals surface area contributed by atoms with Crippen LogP contribution in [0.2, 0.25) is 0 Å². The monoisotopic (exact) mass is 271 g/mol. The molecule has 0 aromatic carbocycles. The molecule has 2 aliphatic heterocycles. The quantitative estimate of drug-likeness (QED) is 0.615. The van der Waals surface area contributed by atoms with Gasteiger partial charge < -0.3 is 9.42 Å². The number of rotatable bonds is 5. The van der Waals surface area contributed by atoms with Crippen LogP contribution in [0.3, 0.4) is 0 Å². The number of thioether (sulfide) groups is 1. The van der Waals surface area contributed by atoms with Gasteiger partial charge in [0.1, 0.15) is 0 Å². The lowest BCUT2D eigenvalue weighted by molar-refractivity contribution is 0.227. The number of allylic oxidation sites excluding steroid dienone is 3. The maximum Gasteiger partial charge on any atom is 0.256 e. The lowest BCUT2D eigenvalue weighted by atomic mass is 10.1. The molecule has 0 spiro atoms. The van der Waals surface area contributed by atoms with Gasteiger partial charge in [-0.25, -0.2) is 4.67 Å². The summed E-state index contributed by atoms with van der Waals surface area (Å²) < 4.78 is 7.76. The summed E-state index contributed by atoms with van der Waals surface area (Å²) in [6.45, 7) is 8.43. The summed E-state index contributed by atoms with van der Waals surface area (Å²) >= 11 is 1.71. The second-order valence-corrected chi connectivity index (χ2v) is 6.41. The van der Waals surface area contributed by atoms with Crippen LogP contribution in [-0.4, -0.2) is 34.0 Å². The third-order valence-electron chi connectivity index (χ3n) is 3.05. The molecule has 0 bridgehead atoms. The van der Waals surface area contributed by atoms with Gasteiger partial charge in [0.2, 0.25) is 0 Å². The number of fused-ring (bicyclic) bond motifs is 1. The highest BCUT2D eigenvalue weighted by Gasteiger charge is 2.44. The molecule has 0 aromatic rings. The summed E-state index contributed by atoms with van der Waals surface area (Å²) in [6.07, 6.45) is 7.99. The molecule has 2 saturated heterocycles. The second kappa shape index (κ2) is 6.17. The van der Waals surface area contributed by atoms with E-state index in [4.69, 9.17) is 4.52 Å². The molecule has 1 N–H and O–H groups in total. The molecule has 2 aliphatic rings. The van der Waals surface area contributed by atoms with Crippen LogP contribution in [0.4, 0.5) is 0 Å². The minimum absolute atomic E-state index is 0.145. The Balaban J connectivity index is 1.89. The summed E-state index contributed by atoms with van der Waals surface area (Å²) in [4.78, 5) is 10.9. The van der Waals surface area contributed by atoms with E-state index in [1.807, 2.05) is 12.2 Å². The molecule has 3 unspecified atom stereocenters. The minimum atomic E-state index is -1.33. The van der Waals surface area contributed by atoms with E-state index in [1.54, 1.807) is 17.8 Å². The van der Waals surface area contributed by atoms with E-state index >= 15 is 0 Å². The van der Waals surface area contributed by atoms with Crippen molar-refractivity contribution in [2.45, 2.75) is 25.0 Å². The highest BCUT2D eigenvalue weighted by molar-refractivity contribution is 8.03. The first-order valence-electron chi connectivity index (χ1n) is 5.76. The predicted molar refractivity (Wildman–Crippen MR) is 74.7 cm³/mol. The highest BCUT2D eigenvalue weighted by Crippen LogP contribution is 2.52. The Morgan fingerprint density at radius 3 is 3.12 bits per heavy atom. The van der Waals surface area contributed by atoms with Crippen molar-refractivity contribution in [1.29, 1.82) is 0 Å². The first kappa shape index (κ1) is 13.3. The molecule has 0 radical (unpaired) electrons. The van der Waals surface area contributed by atoms with Crippen LogP contribution >= 0.6 is 20.3 Å². The maximum absolute atomic E-state index is 9.80. The summed E-state index contributed by atoms with van der Waals surface area (Å²) in [6, 6.07) is 0.411. The fourth-order valence-corrected chi connectivity index (χ4v) is 4.70. The molecule has 17 heavy (non-hydrogen) atoms. The van der Waals surface area contributed by atoms with E-state index in [0.717, 1.165) is 23.6 Å². The normalized spacial score (nSPS) is 33.7. The van der Waals surface area contributed by atoms with Crippen molar-refractivity contribution < 1.29 is 9.42 Å².